The van der Waals surface area contributed by atoms with Crippen LogP contribution in [0, 0.1) is 0 Å². The Morgan fingerprint density at radius 1 is 1.40 bits per heavy atom. The summed E-state index contributed by atoms with van der Waals surface area (Å²) in [6.07, 6.45) is 3.72. The monoisotopic (exact) mass is 243 g/mol. The van der Waals surface area contributed by atoms with Gasteiger partial charge in [-0.05, 0) is 37.4 Å². The van der Waals surface area contributed by atoms with Gasteiger partial charge >= 0.3 is 0 Å². The first-order chi connectivity index (χ1) is 7.27. The maximum Gasteiger partial charge on any atom is 0.188 e. The molecule has 0 aromatic carbocycles. The molecule has 1 aliphatic rings. The van der Waals surface area contributed by atoms with Gasteiger partial charge in [0, 0.05) is 0 Å². The summed E-state index contributed by atoms with van der Waals surface area (Å²) in [5.74, 6) is 0.164. The van der Waals surface area contributed by atoms with Gasteiger partial charge in [-0.1, -0.05) is 18.0 Å². The zero-order valence-corrected chi connectivity index (χ0v) is 10.1. The molecule has 1 saturated heterocycles. The normalized spacial score (nSPS) is 17.9. The van der Waals surface area contributed by atoms with Crippen molar-refractivity contribution in [2.45, 2.75) is 19.3 Å². The van der Waals surface area contributed by atoms with Crippen LogP contribution in [-0.2, 0) is 0 Å². The van der Waals surface area contributed by atoms with Gasteiger partial charge in [0.2, 0.25) is 0 Å². The second-order valence-corrected chi connectivity index (χ2v) is 5.18. The molecule has 0 N–H and O–H groups in total. The van der Waals surface area contributed by atoms with Crippen LogP contribution in [0.2, 0.25) is 5.02 Å². The van der Waals surface area contributed by atoms with E-state index < -0.39 is 0 Å². The number of halogens is 1. The van der Waals surface area contributed by atoms with E-state index in [0.29, 0.717) is 16.4 Å². The number of rotatable bonds is 3. The molecule has 0 radical (unpaired) electrons. The molecule has 0 aliphatic carbocycles. The molecule has 0 atom stereocenters. The molecule has 2 heterocycles. The molecular formula is C11H14ClNOS. The summed E-state index contributed by atoms with van der Waals surface area (Å²) < 4.78 is 0. The van der Waals surface area contributed by atoms with Crippen LogP contribution in [0.1, 0.15) is 28.9 Å². The zero-order chi connectivity index (χ0) is 10.7. The van der Waals surface area contributed by atoms with Crippen molar-refractivity contribution in [3.8, 4) is 0 Å². The first-order valence-corrected chi connectivity index (χ1v) is 6.51. The van der Waals surface area contributed by atoms with Crippen LogP contribution in [0.3, 0.4) is 0 Å². The third-order valence-corrected chi connectivity index (χ3v) is 4.07. The first kappa shape index (κ1) is 11.1. The smallest absolute Gasteiger partial charge is 0.188 e. The number of carbonyl (C=O) groups excluding carboxylic acids is 1. The second-order valence-electron chi connectivity index (χ2n) is 3.86. The summed E-state index contributed by atoms with van der Waals surface area (Å²) in [4.78, 5) is 14.8. The number of hydrogen-bond acceptors (Lipinski definition) is 3. The molecule has 4 heteroatoms. The Kier molecular flexibility index (Phi) is 3.78. The lowest BCUT2D eigenvalue weighted by molar-refractivity contribution is 0.0920. The number of nitrogens with zero attached hydrogens (tertiary/aromatic N) is 1. The zero-order valence-electron chi connectivity index (χ0n) is 8.54. The lowest BCUT2D eigenvalue weighted by atomic mass is 10.1. The fourth-order valence-corrected chi connectivity index (χ4v) is 2.98. The fourth-order valence-electron chi connectivity index (χ4n) is 1.89. The Labute approximate surface area is 98.8 Å². The summed E-state index contributed by atoms with van der Waals surface area (Å²) in [7, 11) is 0. The molecule has 0 bridgehead atoms. The highest BCUT2D eigenvalue weighted by atomic mass is 35.5. The van der Waals surface area contributed by atoms with Crippen LogP contribution in [0.25, 0.3) is 0 Å². The molecule has 1 aromatic rings. The van der Waals surface area contributed by atoms with Crippen LogP contribution in [-0.4, -0.2) is 30.3 Å². The van der Waals surface area contributed by atoms with E-state index in [1.165, 1.54) is 30.6 Å². The summed E-state index contributed by atoms with van der Waals surface area (Å²) in [5, 5.41) is 2.47. The third kappa shape index (κ3) is 2.80. The Morgan fingerprint density at radius 2 is 2.13 bits per heavy atom. The largest absolute Gasteiger partial charge is 0.296 e. The maximum absolute atomic E-state index is 11.9. The van der Waals surface area contributed by atoms with Crippen LogP contribution < -0.4 is 0 Å². The second kappa shape index (κ2) is 5.10. The topological polar surface area (TPSA) is 20.3 Å². The number of Topliss-reactive ketones (excluding diaryl/α,β-unsaturated/α-hetero) is 1. The first-order valence-electron chi connectivity index (χ1n) is 5.26. The lowest BCUT2D eigenvalue weighted by Gasteiger charge is -2.25. The van der Waals surface area contributed by atoms with Gasteiger partial charge < -0.3 is 0 Å². The van der Waals surface area contributed by atoms with E-state index in [-0.39, 0.29) is 5.78 Å². The van der Waals surface area contributed by atoms with Crippen LogP contribution >= 0.6 is 22.9 Å². The van der Waals surface area contributed by atoms with Gasteiger partial charge in [0.1, 0.15) is 0 Å². The van der Waals surface area contributed by atoms with Gasteiger partial charge in [-0.2, -0.15) is 0 Å². The Morgan fingerprint density at radius 3 is 2.73 bits per heavy atom. The van der Waals surface area contributed by atoms with Crippen molar-refractivity contribution in [1.82, 2.24) is 4.90 Å². The fraction of sp³-hybridized carbons (Fsp3) is 0.545. The van der Waals surface area contributed by atoms with E-state index in [4.69, 9.17) is 11.6 Å². The highest BCUT2D eigenvalue weighted by Gasteiger charge is 2.17. The summed E-state index contributed by atoms with van der Waals surface area (Å²) >= 11 is 7.36. The molecule has 0 spiro atoms. The van der Waals surface area contributed by atoms with Crippen molar-refractivity contribution >= 4 is 28.7 Å². The maximum atomic E-state index is 11.9. The van der Waals surface area contributed by atoms with Crippen LogP contribution in [0.5, 0.6) is 0 Å². The highest BCUT2D eigenvalue weighted by Crippen LogP contribution is 2.23. The number of thiophene rings is 1. The standard InChI is InChI=1S/C11H14ClNOS/c12-9-4-7-15-11(9)10(14)8-13-5-2-1-3-6-13/h4,7H,1-3,5-6,8H2. The van der Waals surface area contributed by atoms with Crippen molar-refractivity contribution < 1.29 is 4.79 Å². The number of hydrogen-bond donors (Lipinski definition) is 0. The van der Waals surface area contributed by atoms with Crippen LogP contribution in [0.4, 0.5) is 0 Å². The van der Waals surface area contributed by atoms with Gasteiger partial charge in [0.15, 0.2) is 5.78 Å². The molecule has 1 aromatic heterocycles. The highest BCUT2D eigenvalue weighted by molar-refractivity contribution is 7.12. The number of likely N-dealkylation sites (tertiary alicyclic amines) is 1. The van der Waals surface area contributed by atoms with E-state index in [2.05, 4.69) is 4.90 Å². The summed E-state index contributed by atoms with van der Waals surface area (Å²) in [6, 6.07) is 1.79. The van der Waals surface area contributed by atoms with E-state index in [1.807, 2.05) is 5.38 Å². The molecule has 2 rings (SSSR count). The SMILES string of the molecule is O=C(CN1CCCCC1)c1sccc1Cl. The molecule has 1 fully saturated rings. The van der Waals surface area contributed by atoms with Crippen molar-refractivity contribution in [2.75, 3.05) is 19.6 Å². The minimum atomic E-state index is 0.164. The molecule has 0 saturated carbocycles. The average molecular weight is 244 g/mol. The van der Waals surface area contributed by atoms with Crippen molar-refractivity contribution in [3.63, 3.8) is 0 Å². The number of piperidine rings is 1. The predicted molar refractivity (Wildman–Crippen MR) is 64.0 cm³/mol. The average Bonchev–Trinajstić information content (AvgIpc) is 2.66. The van der Waals surface area contributed by atoms with Crippen molar-refractivity contribution in [1.29, 1.82) is 0 Å². The Balaban J connectivity index is 1.94. The third-order valence-electron chi connectivity index (χ3n) is 2.69. The van der Waals surface area contributed by atoms with Gasteiger partial charge in [-0.15, -0.1) is 11.3 Å². The lowest BCUT2D eigenvalue weighted by Crippen LogP contribution is -2.34. The van der Waals surface area contributed by atoms with E-state index >= 15 is 0 Å². The quantitative estimate of drug-likeness (QED) is 0.761. The Hall–Kier alpha value is -0.380. The minimum Gasteiger partial charge on any atom is -0.296 e. The van der Waals surface area contributed by atoms with Crippen molar-refractivity contribution in [2.24, 2.45) is 0 Å². The minimum absolute atomic E-state index is 0.164. The van der Waals surface area contributed by atoms with Gasteiger partial charge in [0.25, 0.3) is 0 Å². The van der Waals surface area contributed by atoms with E-state index in [9.17, 15) is 4.79 Å². The Bertz CT molecular complexity index is 344. The van der Waals surface area contributed by atoms with Crippen molar-refractivity contribution in [3.05, 3.63) is 21.3 Å². The van der Waals surface area contributed by atoms with Gasteiger partial charge in [0.05, 0.1) is 16.4 Å². The van der Waals surface area contributed by atoms with Crippen LogP contribution in [0.15, 0.2) is 11.4 Å². The molecule has 82 valence electrons. The summed E-state index contributed by atoms with van der Waals surface area (Å²) in [5.41, 5.74) is 0. The number of ketones is 1. The molecule has 0 amide bonds. The molecule has 1 aliphatic heterocycles. The number of carbonyl (C=O) groups is 1. The molecule has 0 unspecified atom stereocenters. The molecule has 2 nitrogen and oxygen atoms in total. The summed E-state index contributed by atoms with van der Waals surface area (Å²) in [6.45, 7) is 2.63. The van der Waals surface area contributed by atoms with E-state index in [1.54, 1.807) is 6.07 Å². The predicted octanol–water partition coefficient (Wildman–Crippen LogP) is 3.07. The van der Waals surface area contributed by atoms with Gasteiger partial charge in [-0.25, -0.2) is 0 Å². The molecule has 15 heavy (non-hydrogen) atoms. The van der Waals surface area contributed by atoms with E-state index in [0.717, 1.165) is 13.1 Å². The molecular weight excluding hydrogens is 230 g/mol. The van der Waals surface area contributed by atoms with Gasteiger partial charge in [-0.3, -0.25) is 9.69 Å².